The number of aliphatic hydroxyl groups excluding tert-OH is 1. The molecule has 2 aromatic rings. The second-order valence-electron chi connectivity index (χ2n) is 25.1. The number of fused-ring (bicyclic) bond motifs is 13. The minimum absolute atomic E-state index is 0.0125. The number of esters is 2. The van der Waals surface area contributed by atoms with Crippen molar-refractivity contribution in [2.45, 2.75) is 145 Å². The number of methoxy groups -OCH3 is 2. The van der Waals surface area contributed by atoms with Crippen molar-refractivity contribution in [1.82, 2.24) is 25.3 Å². The average molecular weight is 1180 g/mol. The number of aliphatic imine (C=N–C) groups is 3. The van der Waals surface area contributed by atoms with Gasteiger partial charge in [-0.25, -0.2) is 24.9 Å². The van der Waals surface area contributed by atoms with Crippen molar-refractivity contribution in [3.8, 4) is 0 Å². The average Bonchev–Trinajstić information content (AvgIpc) is 2.68. The van der Waals surface area contributed by atoms with Crippen molar-refractivity contribution in [2.24, 2.45) is 26.8 Å². The number of aromatic nitrogens is 4. The Morgan fingerprint density at radius 2 is 1.34 bits per heavy atom. The quantitative estimate of drug-likeness (QED) is 0.104. The van der Waals surface area contributed by atoms with Gasteiger partial charge in [-0.1, -0.05) is 53.0 Å². The molecule has 10 heterocycles. The highest BCUT2D eigenvalue weighted by atomic mass is 28.4. The number of aliphatic hydroxyl groups is 1. The molecule has 1 unspecified atom stereocenters. The number of nitrogens with zero attached hydrogens (tertiary/aromatic N) is 5. The topological polar surface area (TPSA) is 198 Å². The molecule has 1 saturated heterocycles. The van der Waals surface area contributed by atoms with Crippen LogP contribution in [0.15, 0.2) is 150 Å². The predicted octanol–water partition coefficient (Wildman–Crippen LogP) is 15.4. The summed E-state index contributed by atoms with van der Waals surface area (Å²) in [6, 6.07) is 6.33. The van der Waals surface area contributed by atoms with E-state index in [1.54, 1.807) is 0 Å². The third-order valence-corrected chi connectivity index (χ3v) is 19.9. The lowest BCUT2D eigenvalue weighted by atomic mass is 9.85. The Balaban J connectivity index is 1.17. The Hall–Kier alpha value is -8.63. The number of rotatable bonds is 14. The highest BCUT2D eigenvalue weighted by molar-refractivity contribution is 6.70. The number of aromatic amines is 2. The first-order valence-corrected chi connectivity index (χ1v) is 33.9. The fourth-order valence-corrected chi connectivity index (χ4v) is 15.0. The van der Waals surface area contributed by atoms with Crippen molar-refractivity contribution in [3.63, 3.8) is 0 Å². The van der Waals surface area contributed by atoms with Crippen molar-refractivity contribution in [2.75, 3.05) is 14.2 Å². The summed E-state index contributed by atoms with van der Waals surface area (Å²) in [5.41, 5.74) is 25.3. The standard InChI is InChI=1S/C71H78N8O7Si/c1-18-40-32(5)46-26-50-36(9)44(22-24-58(80)83-13)64(76-50)62-66-60(38(11)52(78-66)30-56-42(20-3)34(7)48(74-56)28-54(40)72-46)68(82)69(62)85-70-63-65-45(23-25-59(81)84-14)37(10)51(77-65)27-47-33(6)41(19-2)55(73-47)29-49-35(8)43(21-4)57(75-49)31-53-39(12)61(67(63)79-53)71(70)86-87(15,16)17/h18-19,26-31,36-37,44-45,69,76-77,79,82H,1-2,20-25H2,3-17H3/t36-,37-,44-,45-,69?/m0/s1. The van der Waals surface area contributed by atoms with E-state index in [9.17, 15) is 14.7 Å². The zero-order valence-corrected chi connectivity index (χ0v) is 53.8. The summed E-state index contributed by atoms with van der Waals surface area (Å²) in [5, 5.41) is 17.4. The van der Waals surface area contributed by atoms with Crippen LogP contribution in [0.2, 0.25) is 19.6 Å². The molecule has 4 N–H and O–H groups in total. The van der Waals surface area contributed by atoms with Gasteiger partial charge in [0, 0.05) is 92.7 Å². The van der Waals surface area contributed by atoms with Gasteiger partial charge in [-0.2, -0.15) is 0 Å². The van der Waals surface area contributed by atoms with Crippen LogP contribution in [-0.4, -0.2) is 82.8 Å². The van der Waals surface area contributed by atoms with Gasteiger partial charge in [-0.05, 0) is 168 Å². The normalized spacial score (nSPS) is 22.5. The van der Waals surface area contributed by atoms with E-state index in [0.29, 0.717) is 52.5 Å². The van der Waals surface area contributed by atoms with Crippen LogP contribution in [0.5, 0.6) is 0 Å². The number of ether oxygens (including phenoxy) is 3. The first kappa shape index (κ1) is 58.7. The fourth-order valence-electron chi connectivity index (χ4n) is 14.2. The van der Waals surface area contributed by atoms with E-state index in [1.165, 1.54) is 14.2 Å². The monoisotopic (exact) mass is 1180 g/mol. The first-order valence-electron chi connectivity index (χ1n) is 30.5. The SMILES string of the molecule is C=CC1=C(C)C2=NC1=CC1=NC(=CC3=C(C)C4=C(O)C(OC5=C(O[Si](C)(C)C)c6c(C)c7cc8nc(cc9nc(cc%10[nH]c(c5c6[nH]7)[C@@H](CCC(=O)OC)[C@@H]%10C)C(C)=C9C=C)C(C)=C8CC)C(=C5NC(=C2)[C@@H](C)[C@@H]5CCC(=O)OC)C4=N3)C(CC)=C1C. The lowest BCUT2D eigenvalue weighted by molar-refractivity contribution is -0.141. The largest absolute Gasteiger partial charge is 0.541 e. The number of allylic oxidation sites excluding steroid dienone is 16. The summed E-state index contributed by atoms with van der Waals surface area (Å²) in [4.78, 5) is 61.1. The molecule has 5 atom stereocenters. The summed E-state index contributed by atoms with van der Waals surface area (Å²) >= 11 is 0. The maximum Gasteiger partial charge on any atom is 0.305 e. The van der Waals surface area contributed by atoms with E-state index in [0.717, 1.165) is 154 Å². The highest BCUT2D eigenvalue weighted by Gasteiger charge is 2.50. The Morgan fingerprint density at radius 3 is 2.01 bits per heavy atom. The lowest BCUT2D eigenvalue weighted by Gasteiger charge is -2.26. The van der Waals surface area contributed by atoms with E-state index < -0.39 is 14.4 Å². The smallest absolute Gasteiger partial charge is 0.305 e. The van der Waals surface area contributed by atoms with Crippen molar-refractivity contribution in [1.29, 1.82) is 0 Å². The molecule has 12 rings (SSSR count). The molecule has 16 bridgehead atoms. The van der Waals surface area contributed by atoms with Gasteiger partial charge in [0.25, 0.3) is 0 Å². The summed E-state index contributed by atoms with van der Waals surface area (Å²) in [5.74, 6) is -0.614. The number of nitrogens with one attached hydrogen (secondary N) is 3. The molecular weight excluding hydrogens is 1100 g/mol. The number of aryl methyl sites for hydroxylation is 1. The van der Waals surface area contributed by atoms with Gasteiger partial charge in [-0.15, -0.1) is 0 Å². The maximum atomic E-state index is 13.5. The summed E-state index contributed by atoms with van der Waals surface area (Å²) in [6.07, 6.45) is 11.4. The number of H-pyrrole nitrogens is 2. The zero-order chi connectivity index (χ0) is 62.0. The van der Waals surface area contributed by atoms with Crippen molar-refractivity contribution in [3.05, 3.63) is 186 Å². The number of hydrogen-bond donors (Lipinski definition) is 4. The Labute approximate surface area is 510 Å². The van der Waals surface area contributed by atoms with E-state index in [1.807, 2.05) is 31.2 Å². The molecule has 8 aliphatic heterocycles. The summed E-state index contributed by atoms with van der Waals surface area (Å²) < 4.78 is 25.9. The first-order chi connectivity index (χ1) is 41.5. The molecule has 16 heteroatoms. The third-order valence-electron chi connectivity index (χ3n) is 19.1. The van der Waals surface area contributed by atoms with Crippen molar-refractivity contribution < 1.29 is 33.3 Å². The Morgan fingerprint density at radius 1 is 0.690 bits per heavy atom. The van der Waals surface area contributed by atoms with E-state index in [-0.39, 0.29) is 54.2 Å². The van der Waals surface area contributed by atoms with Crippen LogP contribution in [0.25, 0.3) is 44.8 Å². The number of carbonyl (C=O) groups excluding carboxylic acids is 2. The van der Waals surface area contributed by atoms with Crippen LogP contribution < -0.4 is 5.32 Å². The second kappa shape index (κ2) is 22.0. The molecule has 0 radical (unpaired) electrons. The maximum absolute atomic E-state index is 13.5. The van der Waals surface area contributed by atoms with Crippen molar-refractivity contribution >= 4 is 82.2 Å². The molecule has 10 aliphatic rings. The molecule has 2 aromatic heterocycles. The summed E-state index contributed by atoms with van der Waals surface area (Å²) in [6.45, 7) is 36.0. The van der Waals surface area contributed by atoms with Crippen LogP contribution >= 0.6 is 0 Å². The van der Waals surface area contributed by atoms with Crippen LogP contribution in [0.4, 0.5) is 0 Å². The van der Waals surface area contributed by atoms with E-state index in [2.05, 4.69) is 135 Å². The van der Waals surface area contributed by atoms with E-state index >= 15 is 0 Å². The lowest BCUT2D eigenvalue weighted by Crippen LogP contribution is -2.26. The van der Waals surface area contributed by atoms with Gasteiger partial charge < -0.3 is 39.0 Å². The van der Waals surface area contributed by atoms with Gasteiger partial charge in [0.15, 0.2) is 17.6 Å². The molecule has 0 amide bonds. The fraction of sp³-hybridized carbons (Fsp3) is 0.366. The Bertz CT molecular complexity index is 4250. The van der Waals surface area contributed by atoms with Crippen LogP contribution in [0.1, 0.15) is 164 Å². The molecule has 0 aromatic carbocycles. The predicted molar refractivity (Wildman–Crippen MR) is 350 cm³/mol. The van der Waals surface area contributed by atoms with Gasteiger partial charge in [-0.3, -0.25) is 9.59 Å². The highest BCUT2D eigenvalue weighted by Crippen LogP contribution is 2.55. The molecule has 87 heavy (non-hydrogen) atoms. The van der Waals surface area contributed by atoms with Crippen LogP contribution in [-0.2, 0) is 28.2 Å². The molecule has 448 valence electrons. The molecular formula is C71H78N8O7Si. The molecule has 0 saturated carbocycles. The minimum atomic E-state index is -2.55. The minimum Gasteiger partial charge on any atom is -0.541 e. The van der Waals surface area contributed by atoms with Gasteiger partial charge in [0.05, 0.1) is 82.3 Å². The van der Waals surface area contributed by atoms with Gasteiger partial charge in [0.1, 0.15) is 5.76 Å². The second-order valence-corrected chi connectivity index (χ2v) is 29.5. The zero-order valence-electron chi connectivity index (χ0n) is 52.8. The molecule has 15 nitrogen and oxygen atoms in total. The number of hydrogen-bond acceptors (Lipinski definition) is 13. The van der Waals surface area contributed by atoms with E-state index in [4.69, 9.17) is 43.6 Å². The molecule has 0 spiro atoms. The van der Waals surface area contributed by atoms with Crippen LogP contribution in [0, 0.1) is 18.8 Å². The third kappa shape index (κ3) is 9.56. The number of carbonyl (C=O) groups is 2. The van der Waals surface area contributed by atoms with Gasteiger partial charge in [0.2, 0.25) is 8.32 Å². The molecule has 1 fully saturated rings. The Kier molecular flexibility index (Phi) is 14.8. The van der Waals surface area contributed by atoms with Crippen LogP contribution in [0.3, 0.4) is 0 Å². The summed E-state index contributed by atoms with van der Waals surface area (Å²) in [7, 11) is 0.281. The molecule has 2 aliphatic carbocycles. The van der Waals surface area contributed by atoms with Gasteiger partial charge >= 0.3 is 11.9 Å².